The number of anilines is 1. The summed E-state index contributed by atoms with van der Waals surface area (Å²) in [5, 5.41) is 15.9. The van der Waals surface area contributed by atoms with Crippen molar-refractivity contribution < 1.29 is 24.0 Å². The Bertz CT molecular complexity index is 851. The molecule has 9 nitrogen and oxygen atoms in total. The molecule has 0 spiro atoms. The summed E-state index contributed by atoms with van der Waals surface area (Å²) >= 11 is 0. The highest BCUT2D eigenvalue weighted by Crippen LogP contribution is 2.30. The number of benzene rings is 2. The van der Waals surface area contributed by atoms with E-state index >= 15 is 0 Å². The van der Waals surface area contributed by atoms with Crippen LogP contribution in [0, 0.1) is 10.1 Å². The van der Waals surface area contributed by atoms with E-state index < -0.39 is 10.8 Å². The third-order valence-electron chi connectivity index (χ3n) is 3.73. The molecule has 0 aromatic heterocycles. The average molecular weight is 387 g/mol. The summed E-state index contributed by atoms with van der Waals surface area (Å²) < 4.78 is 10.6. The highest BCUT2D eigenvalue weighted by Gasteiger charge is 2.11. The van der Waals surface area contributed by atoms with Gasteiger partial charge in [0.15, 0.2) is 11.5 Å². The molecule has 0 radical (unpaired) electrons. The molecule has 0 heterocycles. The molecule has 0 aliphatic heterocycles. The first kappa shape index (κ1) is 20.7. The first-order valence-corrected chi connectivity index (χ1v) is 8.58. The smallest absolute Gasteiger partial charge is 0.269 e. The van der Waals surface area contributed by atoms with Crippen LogP contribution in [0.25, 0.3) is 0 Å². The Labute approximate surface area is 161 Å². The lowest BCUT2D eigenvalue weighted by Crippen LogP contribution is -2.27. The summed E-state index contributed by atoms with van der Waals surface area (Å²) in [5.41, 5.74) is 0.732. The van der Waals surface area contributed by atoms with Gasteiger partial charge in [0.2, 0.25) is 5.91 Å². The zero-order chi connectivity index (χ0) is 20.5. The van der Waals surface area contributed by atoms with Crippen molar-refractivity contribution in [1.82, 2.24) is 5.32 Å². The Kier molecular flexibility index (Phi) is 7.32. The SMILES string of the molecule is CCOc1ccc(NC(=O)CCNC(=O)c2ccc([N+](=O)[O-])cc2)cc1OC. The molecule has 0 atom stereocenters. The molecular formula is C19H21N3O6. The van der Waals surface area contributed by atoms with Gasteiger partial charge in [-0.2, -0.15) is 0 Å². The second kappa shape index (κ2) is 9.91. The average Bonchev–Trinajstić information content (AvgIpc) is 2.69. The maximum Gasteiger partial charge on any atom is 0.269 e. The van der Waals surface area contributed by atoms with E-state index in [-0.39, 0.29) is 30.1 Å². The summed E-state index contributed by atoms with van der Waals surface area (Å²) in [6, 6.07) is 10.3. The van der Waals surface area contributed by atoms with Crippen molar-refractivity contribution in [2.75, 3.05) is 25.6 Å². The number of carbonyl (C=O) groups is 2. The molecule has 0 fully saturated rings. The van der Waals surface area contributed by atoms with Gasteiger partial charge >= 0.3 is 0 Å². The Morgan fingerprint density at radius 2 is 1.82 bits per heavy atom. The van der Waals surface area contributed by atoms with E-state index in [1.54, 1.807) is 18.2 Å². The number of ether oxygens (including phenoxy) is 2. The first-order valence-electron chi connectivity index (χ1n) is 8.58. The van der Waals surface area contributed by atoms with Crippen LogP contribution < -0.4 is 20.1 Å². The number of amides is 2. The minimum atomic E-state index is -0.540. The zero-order valence-corrected chi connectivity index (χ0v) is 15.6. The molecule has 2 rings (SSSR count). The summed E-state index contributed by atoms with van der Waals surface area (Å²) in [6.07, 6.45) is 0.0637. The third kappa shape index (κ3) is 5.70. The minimum absolute atomic E-state index is 0.0637. The maximum absolute atomic E-state index is 12.1. The fourth-order valence-corrected chi connectivity index (χ4v) is 2.37. The summed E-state index contributed by atoms with van der Waals surface area (Å²) in [7, 11) is 1.51. The fraction of sp³-hybridized carbons (Fsp3) is 0.263. The van der Waals surface area contributed by atoms with Gasteiger partial charge in [0.1, 0.15) is 0 Å². The normalized spacial score (nSPS) is 10.1. The van der Waals surface area contributed by atoms with Crippen molar-refractivity contribution in [1.29, 1.82) is 0 Å². The standard InChI is InChI=1S/C19H21N3O6/c1-3-28-16-9-6-14(12-17(16)27-2)21-18(23)10-11-20-19(24)13-4-7-15(8-5-13)22(25)26/h4-9,12H,3,10-11H2,1-2H3,(H,20,24)(H,21,23). The molecule has 9 heteroatoms. The number of rotatable bonds is 9. The van der Waals surface area contributed by atoms with E-state index in [1.165, 1.54) is 31.4 Å². The van der Waals surface area contributed by atoms with Gasteiger partial charge in [-0.25, -0.2) is 0 Å². The second-order valence-electron chi connectivity index (χ2n) is 5.66. The number of hydrogen-bond donors (Lipinski definition) is 2. The highest BCUT2D eigenvalue weighted by molar-refractivity contribution is 5.95. The maximum atomic E-state index is 12.1. The highest BCUT2D eigenvalue weighted by atomic mass is 16.6. The lowest BCUT2D eigenvalue weighted by Gasteiger charge is -2.12. The third-order valence-corrected chi connectivity index (χ3v) is 3.73. The topological polar surface area (TPSA) is 120 Å². The van der Waals surface area contributed by atoms with Gasteiger partial charge < -0.3 is 20.1 Å². The van der Waals surface area contributed by atoms with Crippen LogP contribution in [0.3, 0.4) is 0 Å². The molecule has 0 unspecified atom stereocenters. The van der Waals surface area contributed by atoms with E-state index in [2.05, 4.69) is 10.6 Å². The molecule has 0 aliphatic carbocycles. The number of nitrogens with zero attached hydrogens (tertiary/aromatic N) is 1. The van der Waals surface area contributed by atoms with Crippen LogP contribution >= 0.6 is 0 Å². The molecule has 148 valence electrons. The van der Waals surface area contributed by atoms with Crippen molar-refractivity contribution in [3.8, 4) is 11.5 Å². The van der Waals surface area contributed by atoms with Gasteiger partial charge in [-0.1, -0.05) is 0 Å². The lowest BCUT2D eigenvalue weighted by molar-refractivity contribution is -0.384. The molecule has 2 aromatic carbocycles. The van der Waals surface area contributed by atoms with Gasteiger partial charge in [0.25, 0.3) is 11.6 Å². The largest absolute Gasteiger partial charge is 0.493 e. The second-order valence-corrected chi connectivity index (χ2v) is 5.66. The Morgan fingerprint density at radius 3 is 2.43 bits per heavy atom. The van der Waals surface area contributed by atoms with E-state index in [9.17, 15) is 19.7 Å². The predicted octanol–water partition coefficient (Wildman–Crippen LogP) is 2.76. The summed E-state index contributed by atoms with van der Waals surface area (Å²) in [6.45, 7) is 2.48. The molecular weight excluding hydrogens is 366 g/mol. The van der Waals surface area contributed by atoms with E-state index in [4.69, 9.17) is 9.47 Å². The van der Waals surface area contributed by atoms with Crippen LogP contribution in [-0.2, 0) is 4.79 Å². The molecule has 0 bridgehead atoms. The van der Waals surface area contributed by atoms with E-state index in [1.807, 2.05) is 6.92 Å². The van der Waals surface area contributed by atoms with E-state index in [0.29, 0.717) is 23.8 Å². The zero-order valence-electron chi connectivity index (χ0n) is 15.6. The number of non-ortho nitro benzene ring substituents is 1. The van der Waals surface area contributed by atoms with Crippen LogP contribution in [0.1, 0.15) is 23.7 Å². The Hall–Kier alpha value is -3.62. The van der Waals surface area contributed by atoms with Crippen LogP contribution in [-0.4, -0.2) is 37.0 Å². The molecule has 0 saturated carbocycles. The van der Waals surface area contributed by atoms with Gasteiger partial charge in [-0.15, -0.1) is 0 Å². The lowest BCUT2D eigenvalue weighted by atomic mass is 10.2. The molecule has 2 amide bonds. The van der Waals surface area contributed by atoms with Gasteiger partial charge in [-0.05, 0) is 31.2 Å². The molecule has 0 saturated heterocycles. The van der Waals surface area contributed by atoms with Crippen LogP contribution in [0.4, 0.5) is 11.4 Å². The molecule has 2 N–H and O–H groups in total. The van der Waals surface area contributed by atoms with Crippen molar-refractivity contribution >= 4 is 23.2 Å². The summed E-state index contributed by atoms with van der Waals surface area (Å²) in [4.78, 5) is 34.1. The molecule has 2 aromatic rings. The Balaban J connectivity index is 1.83. The van der Waals surface area contributed by atoms with Crippen LogP contribution in [0.15, 0.2) is 42.5 Å². The van der Waals surface area contributed by atoms with Gasteiger partial charge in [0, 0.05) is 42.4 Å². The quantitative estimate of drug-likeness (QED) is 0.504. The number of hydrogen-bond acceptors (Lipinski definition) is 6. The minimum Gasteiger partial charge on any atom is -0.493 e. The number of carbonyl (C=O) groups excluding carboxylic acids is 2. The summed E-state index contributed by atoms with van der Waals surface area (Å²) in [5.74, 6) is 0.394. The monoisotopic (exact) mass is 387 g/mol. The van der Waals surface area contributed by atoms with Crippen molar-refractivity contribution in [2.45, 2.75) is 13.3 Å². The predicted molar refractivity (Wildman–Crippen MR) is 103 cm³/mol. The number of methoxy groups -OCH3 is 1. The molecule has 28 heavy (non-hydrogen) atoms. The van der Waals surface area contributed by atoms with E-state index in [0.717, 1.165) is 0 Å². The van der Waals surface area contributed by atoms with Crippen LogP contribution in [0.5, 0.6) is 11.5 Å². The fourth-order valence-electron chi connectivity index (χ4n) is 2.37. The van der Waals surface area contributed by atoms with Gasteiger partial charge in [0.05, 0.1) is 18.6 Å². The van der Waals surface area contributed by atoms with Crippen molar-refractivity contribution in [3.63, 3.8) is 0 Å². The number of nitro benzene ring substituents is 1. The van der Waals surface area contributed by atoms with Gasteiger partial charge in [-0.3, -0.25) is 19.7 Å². The molecule has 0 aliphatic rings. The number of nitro groups is 1. The van der Waals surface area contributed by atoms with Crippen molar-refractivity contribution in [2.24, 2.45) is 0 Å². The Morgan fingerprint density at radius 1 is 1.11 bits per heavy atom. The first-order chi connectivity index (χ1) is 13.4. The van der Waals surface area contributed by atoms with Crippen LogP contribution in [0.2, 0.25) is 0 Å². The number of nitrogens with one attached hydrogen (secondary N) is 2. The van der Waals surface area contributed by atoms with Crippen molar-refractivity contribution in [3.05, 3.63) is 58.1 Å².